The third-order valence-electron chi connectivity index (χ3n) is 8.51. The van der Waals surface area contributed by atoms with Crippen molar-refractivity contribution in [2.75, 3.05) is 43.9 Å². The van der Waals surface area contributed by atoms with E-state index in [1.807, 2.05) is 63.1 Å². The molecule has 1 aliphatic rings. The lowest BCUT2D eigenvalue weighted by Crippen LogP contribution is -2.44. The first-order valence-corrected chi connectivity index (χ1v) is 15.4. The molecule has 11 heteroatoms. The van der Waals surface area contributed by atoms with Crippen molar-refractivity contribution in [2.24, 2.45) is 0 Å². The van der Waals surface area contributed by atoms with E-state index >= 15 is 0 Å². The second-order valence-electron chi connectivity index (χ2n) is 12.2. The standard InChI is InChI=1S/C36H36F3N7O/c1-22-5-7-25(34(47)42-29-10-8-26(32(18-29)36(37,38)39)21-46-13-11-45(4)12-14-46)17-31(22)27-15-23(2)33-28(16-27)19-41-35(44-33)43-30-9-6-24(3)40-20-30/h5-10,15-20H,11-14,21H2,1-4H3,(H,42,47)(H,41,43,44). The van der Waals surface area contributed by atoms with Crippen LogP contribution < -0.4 is 10.6 Å². The minimum absolute atomic E-state index is 0.0936. The molecule has 0 bridgehead atoms. The number of rotatable bonds is 7. The largest absolute Gasteiger partial charge is 0.416 e. The number of hydrogen-bond acceptors (Lipinski definition) is 7. The summed E-state index contributed by atoms with van der Waals surface area (Å²) < 4.78 is 42.3. The van der Waals surface area contributed by atoms with Gasteiger partial charge in [0, 0.05) is 61.3 Å². The Labute approximate surface area is 271 Å². The Hall–Kier alpha value is -4.87. The number of pyridine rings is 1. The number of carbonyl (C=O) groups excluding carboxylic acids is 1. The molecular weight excluding hydrogens is 603 g/mol. The topological polar surface area (TPSA) is 86.3 Å². The van der Waals surface area contributed by atoms with Crippen LogP contribution in [0.15, 0.2) is 73.1 Å². The molecule has 0 radical (unpaired) electrons. The Morgan fingerprint density at radius 3 is 2.34 bits per heavy atom. The predicted molar refractivity (Wildman–Crippen MR) is 179 cm³/mol. The third-order valence-corrected chi connectivity index (χ3v) is 8.51. The van der Waals surface area contributed by atoms with Crippen LogP contribution in [-0.4, -0.2) is 63.9 Å². The highest BCUT2D eigenvalue weighted by Crippen LogP contribution is 2.35. The zero-order chi connectivity index (χ0) is 33.3. The summed E-state index contributed by atoms with van der Waals surface area (Å²) in [6, 6.07) is 17.1. The van der Waals surface area contributed by atoms with Crippen molar-refractivity contribution in [1.29, 1.82) is 0 Å². The maximum atomic E-state index is 14.1. The summed E-state index contributed by atoms with van der Waals surface area (Å²) in [7, 11) is 2.00. The van der Waals surface area contributed by atoms with Gasteiger partial charge in [-0.15, -0.1) is 0 Å². The molecule has 2 aromatic heterocycles. The van der Waals surface area contributed by atoms with Crippen molar-refractivity contribution in [3.8, 4) is 11.1 Å². The number of hydrogen-bond donors (Lipinski definition) is 2. The molecule has 5 aromatic rings. The van der Waals surface area contributed by atoms with Crippen LogP contribution in [0, 0.1) is 20.8 Å². The van der Waals surface area contributed by atoms with Gasteiger partial charge in [0.05, 0.1) is 23.0 Å². The molecule has 0 atom stereocenters. The number of likely N-dealkylation sites (N-methyl/N-ethyl adjacent to an activating group) is 1. The first-order valence-electron chi connectivity index (χ1n) is 15.4. The predicted octanol–water partition coefficient (Wildman–Crippen LogP) is 7.38. The van der Waals surface area contributed by atoms with E-state index in [2.05, 4.69) is 25.5 Å². The fourth-order valence-electron chi connectivity index (χ4n) is 5.79. The highest BCUT2D eigenvalue weighted by Gasteiger charge is 2.34. The Balaban J connectivity index is 1.22. The van der Waals surface area contributed by atoms with Crippen molar-refractivity contribution in [2.45, 2.75) is 33.5 Å². The monoisotopic (exact) mass is 639 g/mol. The van der Waals surface area contributed by atoms with E-state index in [0.717, 1.165) is 63.7 Å². The van der Waals surface area contributed by atoms with Gasteiger partial charge in [-0.1, -0.05) is 12.1 Å². The van der Waals surface area contributed by atoms with Gasteiger partial charge in [-0.05, 0) is 104 Å². The van der Waals surface area contributed by atoms with Gasteiger partial charge in [-0.25, -0.2) is 9.97 Å². The number of halogens is 3. The SMILES string of the molecule is Cc1ccc(Nc2ncc3cc(-c4cc(C(=O)Nc5ccc(CN6CCN(C)CC6)c(C(F)(F)F)c5)ccc4C)cc(C)c3n2)cn1. The normalized spacial score (nSPS) is 14.4. The molecule has 242 valence electrons. The summed E-state index contributed by atoms with van der Waals surface area (Å²) in [6.45, 7) is 9.07. The molecule has 6 rings (SSSR count). The van der Waals surface area contributed by atoms with Gasteiger partial charge in [0.2, 0.25) is 5.95 Å². The maximum absolute atomic E-state index is 14.1. The fourth-order valence-corrected chi connectivity index (χ4v) is 5.79. The van der Waals surface area contributed by atoms with Gasteiger partial charge >= 0.3 is 6.18 Å². The summed E-state index contributed by atoms with van der Waals surface area (Å²) in [5.41, 5.74) is 5.95. The van der Waals surface area contributed by atoms with Gasteiger partial charge in [-0.3, -0.25) is 14.7 Å². The zero-order valence-corrected chi connectivity index (χ0v) is 26.7. The van der Waals surface area contributed by atoms with Crippen LogP contribution in [0.3, 0.4) is 0 Å². The Morgan fingerprint density at radius 1 is 0.851 bits per heavy atom. The number of amides is 1. The molecule has 8 nitrogen and oxygen atoms in total. The molecule has 47 heavy (non-hydrogen) atoms. The summed E-state index contributed by atoms with van der Waals surface area (Å²) in [4.78, 5) is 31.0. The summed E-state index contributed by atoms with van der Waals surface area (Å²) in [5.74, 6) is -0.0387. The number of aryl methyl sites for hydroxylation is 3. The van der Waals surface area contributed by atoms with E-state index < -0.39 is 17.6 Å². The van der Waals surface area contributed by atoms with E-state index in [1.54, 1.807) is 30.6 Å². The molecule has 0 spiro atoms. The van der Waals surface area contributed by atoms with E-state index in [1.165, 1.54) is 6.07 Å². The van der Waals surface area contributed by atoms with Crippen molar-refractivity contribution in [3.63, 3.8) is 0 Å². The first-order chi connectivity index (χ1) is 22.4. The third kappa shape index (κ3) is 7.42. The Morgan fingerprint density at radius 2 is 1.62 bits per heavy atom. The van der Waals surface area contributed by atoms with E-state index in [0.29, 0.717) is 24.6 Å². The summed E-state index contributed by atoms with van der Waals surface area (Å²) >= 11 is 0. The number of nitrogens with one attached hydrogen (secondary N) is 2. The lowest BCUT2D eigenvalue weighted by atomic mass is 9.95. The molecule has 0 unspecified atom stereocenters. The molecule has 3 heterocycles. The van der Waals surface area contributed by atoms with Gasteiger partial charge in [0.1, 0.15) is 0 Å². The van der Waals surface area contributed by atoms with Crippen LogP contribution >= 0.6 is 0 Å². The average molecular weight is 640 g/mol. The molecule has 2 N–H and O–H groups in total. The van der Waals surface area contributed by atoms with Gasteiger partial charge in [0.25, 0.3) is 5.91 Å². The van der Waals surface area contributed by atoms with Crippen molar-refractivity contribution >= 4 is 34.1 Å². The van der Waals surface area contributed by atoms with E-state index in [9.17, 15) is 18.0 Å². The number of benzene rings is 3. The molecule has 0 saturated carbocycles. The van der Waals surface area contributed by atoms with E-state index in [4.69, 9.17) is 4.98 Å². The fraction of sp³-hybridized carbons (Fsp3) is 0.278. The molecular formula is C36H36F3N7O. The van der Waals surface area contributed by atoms with Crippen molar-refractivity contribution in [3.05, 3.63) is 107 Å². The number of alkyl halides is 3. The molecule has 1 saturated heterocycles. The van der Waals surface area contributed by atoms with Gasteiger partial charge in [-0.2, -0.15) is 13.2 Å². The Kier molecular flexibility index (Phi) is 8.94. The van der Waals surface area contributed by atoms with Crippen molar-refractivity contribution < 1.29 is 18.0 Å². The Bertz CT molecular complexity index is 1930. The van der Waals surface area contributed by atoms with Crippen LogP contribution in [0.5, 0.6) is 0 Å². The molecule has 3 aromatic carbocycles. The highest BCUT2D eigenvalue weighted by atomic mass is 19.4. The van der Waals surface area contributed by atoms with Crippen LogP contribution in [-0.2, 0) is 12.7 Å². The average Bonchev–Trinajstić information content (AvgIpc) is 3.04. The minimum atomic E-state index is -4.55. The highest BCUT2D eigenvalue weighted by molar-refractivity contribution is 6.05. The lowest BCUT2D eigenvalue weighted by molar-refractivity contribution is -0.138. The minimum Gasteiger partial charge on any atom is -0.323 e. The summed E-state index contributed by atoms with van der Waals surface area (Å²) in [5, 5.41) is 6.70. The number of carbonyl (C=O) groups is 1. The number of aromatic nitrogens is 3. The summed E-state index contributed by atoms with van der Waals surface area (Å²) in [6.07, 6.45) is -1.07. The van der Waals surface area contributed by atoms with E-state index in [-0.39, 0.29) is 17.8 Å². The molecule has 1 amide bonds. The molecule has 1 aliphatic heterocycles. The quantitative estimate of drug-likeness (QED) is 0.192. The number of fused-ring (bicyclic) bond motifs is 1. The van der Waals surface area contributed by atoms with Crippen LogP contribution in [0.4, 0.5) is 30.5 Å². The molecule has 0 aliphatic carbocycles. The number of anilines is 3. The lowest BCUT2D eigenvalue weighted by Gasteiger charge is -2.33. The first kappa shape index (κ1) is 32.1. The second-order valence-corrected chi connectivity index (χ2v) is 12.2. The van der Waals surface area contributed by atoms with Gasteiger partial charge in [0.15, 0.2) is 0 Å². The smallest absolute Gasteiger partial charge is 0.323 e. The second kappa shape index (κ2) is 13.1. The van der Waals surface area contributed by atoms with Crippen LogP contribution in [0.2, 0.25) is 0 Å². The van der Waals surface area contributed by atoms with Gasteiger partial charge < -0.3 is 15.5 Å². The number of piperazine rings is 1. The van der Waals surface area contributed by atoms with Crippen molar-refractivity contribution in [1.82, 2.24) is 24.8 Å². The molecule has 1 fully saturated rings. The van der Waals surface area contributed by atoms with Crippen LogP contribution in [0.1, 0.15) is 38.3 Å². The zero-order valence-electron chi connectivity index (χ0n) is 26.7. The van der Waals surface area contributed by atoms with Crippen LogP contribution in [0.25, 0.3) is 22.0 Å². The number of nitrogens with zero attached hydrogens (tertiary/aromatic N) is 5. The maximum Gasteiger partial charge on any atom is 0.416 e.